The van der Waals surface area contributed by atoms with E-state index in [1.54, 1.807) is 0 Å². The van der Waals surface area contributed by atoms with Crippen molar-refractivity contribution in [2.24, 2.45) is 0 Å². The molecule has 0 atom stereocenters. The zero-order valence-electron chi connectivity index (χ0n) is 8.53. The SMILES string of the molecule is O=C(O)c1ccccc1OCCOC(F)(F)F. The minimum absolute atomic E-state index is 0.00535. The smallest absolute Gasteiger partial charge is 0.490 e. The second kappa shape index (κ2) is 5.53. The second-order valence-electron chi connectivity index (χ2n) is 2.94. The van der Waals surface area contributed by atoms with Crippen LogP contribution >= 0.6 is 0 Å². The Morgan fingerprint density at radius 1 is 1.24 bits per heavy atom. The van der Waals surface area contributed by atoms with Crippen molar-refractivity contribution < 1.29 is 32.5 Å². The molecule has 1 aromatic rings. The standard InChI is InChI=1S/C10H9F3O4/c11-10(12,13)17-6-5-16-8-4-2-1-3-7(8)9(14)15/h1-4H,5-6H2,(H,14,15). The van der Waals surface area contributed by atoms with Crippen LogP contribution in [-0.4, -0.2) is 30.7 Å². The first-order valence-electron chi connectivity index (χ1n) is 4.56. The minimum atomic E-state index is -4.71. The van der Waals surface area contributed by atoms with Crippen LogP contribution in [0.2, 0.25) is 0 Å². The molecule has 0 aromatic heterocycles. The molecule has 0 saturated heterocycles. The molecule has 1 rings (SSSR count). The van der Waals surface area contributed by atoms with Gasteiger partial charge in [0.25, 0.3) is 0 Å². The summed E-state index contributed by atoms with van der Waals surface area (Å²) in [6, 6.07) is 5.66. The van der Waals surface area contributed by atoms with E-state index in [0.717, 1.165) is 0 Å². The molecule has 0 bridgehead atoms. The molecule has 4 nitrogen and oxygen atoms in total. The molecule has 0 aliphatic heterocycles. The Balaban J connectivity index is 2.49. The first-order chi connectivity index (χ1) is 7.90. The summed E-state index contributed by atoms with van der Waals surface area (Å²) in [7, 11) is 0. The largest absolute Gasteiger partial charge is 0.522 e. The molecule has 0 aliphatic rings. The van der Waals surface area contributed by atoms with E-state index >= 15 is 0 Å². The van der Waals surface area contributed by atoms with Crippen LogP contribution in [0.1, 0.15) is 10.4 Å². The van der Waals surface area contributed by atoms with Gasteiger partial charge in [0.15, 0.2) is 0 Å². The summed E-state index contributed by atoms with van der Waals surface area (Å²) in [4.78, 5) is 10.7. The van der Waals surface area contributed by atoms with Crippen LogP contribution in [0.25, 0.3) is 0 Å². The number of benzene rings is 1. The first-order valence-corrected chi connectivity index (χ1v) is 4.56. The van der Waals surface area contributed by atoms with Gasteiger partial charge in [0, 0.05) is 0 Å². The quantitative estimate of drug-likeness (QED) is 0.814. The van der Waals surface area contributed by atoms with E-state index in [0.29, 0.717) is 0 Å². The van der Waals surface area contributed by atoms with Gasteiger partial charge in [-0.15, -0.1) is 13.2 Å². The third-order valence-electron chi connectivity index (χ3n) is 1.72. The van der Waals surface area contributed by atoms with E-state index in [1.807, 2.05) is 0 Å². The topological polar surface area (TPSA) is 55.8 Å². The zero-order valence-corrected chi connectivity index (χ0v) is 8.53. The average molecular weight is 250 g/mol. The van der Waals surface area contributed by atoms with Crippen LogP contribution in [0.4, 0.5) is 13.2 Å². The molecule has 1 N–H and O–H groups in total. The normalized spacial score (nSPS) is 11.2. The van der Waals surface area contributed by atoms with Gasteiger partial charge in [-0.3, -0.25) is 4.74 Å². The molecule has 0 aliphatic carbocycles. The number of para-hydroxylation sites is 1. The fourth-order valence-corrected chi connectivity index (χ4v) is 1.08. The Kier molecular flexibility index (Phi) is 4.33. The predicted octanol–water partition coefficient (Wildman–Crippen LogP) is 2.30. The highest BCUT2D eigenvalue weighted by Gasteiger charge is 2.28. The highest BCUT2D eigenvalue weighted by atomic mass is 19.4. The molecule has 1 aromatic carbocycles. The lowest BCUT2D eigenvalue weighted by Gasteiger charge is -2.10. The number of rotatable bonds is 5. The van der Waals surface area contributed by atoms with Gasteiger partial charge in [-0.2, -0.15) is 0 Å². The van der Waals surface area contributed by atoms with Crippen molar-refractivity contribution in [1.82, 2.24) is 0 Å². The van der Waals surface area contributed by atoms with Crippen LogP contribution in [0.5, 0.6) is 5.75 Å². The molecule has 0 fully saturated rings. The maximum atomic E-state index is 11.6. The minimum Gasteiger partial charge on any atom is -0.490 e. The van der Waals surface area contributed by atoms with E-state index in [-0.39, 0.29) is 17.9 Å². The third-order valence-corrected chi connectivity index (χ3v) is 1.72. The van der Waals surface area contributed by atoms with E-state index in [2.05, 4.69) is 4.74 Å². The summed E-state index contributed by atoms with van der Waals surface area (Å²) in [5.74, 6) is -1.21. The summed E-state index contributed by atoms with van der Waals surface area (Å²) in [5.41, 5.74) is -0.112. The number of halogens is 3. The second-order valence-corrected chi connectivity index (χ2v) is 2.94. The highest BCUT2D eigenvalue weighted by molar-refractivity contribution is 5.90. The van der Waals surface area contributed by atoms with Crippen LogP contribution in [0.3, 0.4) is 0 Å². The van der Waals surface area contributed by atoms with E-state index in [1.165, 1.54) is 24.3 Å². The van der Waals surface area contributed by atoms with Crippen molar-refractivity contribution in [2.75, 3.05) is 13.2 Å². The van der Waals surface area contributed by atoms with Gasteiger partial charge in [-0.25, -0.2) is 4.79 Å². The van der Waals surface area contributed by atoms with Crippen LogP contribution in [-0.2, 0) is 4.74 Å². The molecule has 94 valence electrons. The number of hydrogen-bond acceptors (Lipinski definition) is 3. The Hall–Kier alpha value is -1.76. The Bertz CT molecular complexity index is 389. The molecule has 0 radical (unpaired) electrons. The summed E-state index contributed by atoms with van der Waals surface area (Å²) in [6.45, 7) is -1.08. The van der Waals surface area contributed by atoms with Gasteiger partial charge >= 0.3 is 12.3 Å². The van der Waals surface area contributed by atoms with Gasteiger partial charge in [0.05, 0.1) is 6.61 Å². The lowest BCUT2D eigenvalue weighted by atomic mass is 10.2. The van der Waals surface area contributed by atoms with Crippen LogP contribution < -0.4 is 4.74 Å². The van der Waals surface area contributed by atoms with Crippen molar-refractivity contribution in [1.29, 1.82) is 0 Å². The van der Waals surface area contributed by atoms with E-state index < -0.39 is 18.9 Å². The van der Waals surface area contributed by atoms with Gasteiger partial charge in [0.2, 0.25) is 0 Å². The van der Waals surface area contributed by atoms with Gasteiger partial charge in [-0.1, -0.05) is 12.1 Å². The fourth-order valence-electron chi connectivity index (χ4n) is 1.08. The average Bonchev–Trinajstić information content (AvgIpc) is 2.23. The molecule has 0 unspecified atom stereocenters. The Labute approximate surface area is 94.6 Å². The third kappa shape index (κ3) is 4.73. The molecule has 0 heterocycles. The predicted molar refractivity (Wildman–Crippen MR) is 50.9 cm³/mol. The van der Waals surface area contributed by atoms with Crippen molar-refractivity contribution in [3.05, 3.63) is 29.8 Å². The number of ether oxygens (including phenoxy) is 2. The lowest BCUT2D eigenvalue weighted by molar-refractivity contribution is -0.325. The molecular weight excluding hydrogens is 241 g/mol. The van der Waals surface area contributed by atoms with Gasteiger partial charge in [-0.05, 0) is 12.1 Å². The number of carboxylic acid groups (broad SMARTS) is 1. The zero-order chi connectivity index (χ0) is 12.9. The molecular formula is C10H9F3O4. The summed E-state index contributed by atoms with van der Waals surface area (Å²) in [6.07, 6.45) is -4.71. The summed E-state index contributed by atoms with van der Waals surface area (Å²) < 4.78 is 43.2. The Morgan fingerprint density at radius 3 is 2.47 bits per heavy atom. The molecule has 7 heteroatoms. The molecule has 0 spiro atoms. The highest BCUT2D eigenvalue weighted by Crippen LogP contribution is 2.19. The monoisotopic (exact) mass is 250 g/mol. The van der Waals surface area contributed by atoms with Gasteiger partial charge in [0.1, 0.15) is 17.9 Å². The van der Waals surface area contributed by atoms with E-state index in [9.17, 15) is 18.0 Å². The number of carbonyl (C=O) groups is 1. The number of alkyl halides is 3. The maximum absolute atomic E-state index is 11.6. The maximum Gasteiger partial charge on any atom is 0.522 e. The number of aromatic carboxylic acids is 1. The summed E-state index contributed by atoms with van der Waals surface area (Å²) in [5, 5.41) is 8.76. The van der Waals surface area contributed by atoms with Crippen molar-refractivity contribution in [3.63, 3.8) is 0 Å². The van der Waals surface area contributed by atoms with Crippen molar-refractivity contribution in [2.45, 2.75) is 6.36 Å². The van der Waals surface area contributed by atoms with E-state index in [4.69, 9.17) is 9.84 Å². The van der Waals surface area contributed by atoms with Crippen LogP contribution in [0.15, 0.2) is 24.3 Å². The molecule has 0 amide bonds. The van der Waals surface area contributed by atoms with Crippen molar-refractivity contribution in [3.8, 4) is 5.75 Å². The lowest BCUT2D eigenvalue weighted by Crippen LogP contribution is -2.18. The summed E-state index contributed by atoms with van der Waals surface area (Å²) >= 11 is 0. The number of carboxylic acids is 1. The number of hydrogen-bond donors (Lipinski definition) is 1. The molecule has 17 heavy (non-hydrogen) atoms. The van der Waals surface area contributed by atoms with Crippen LogP contribution in [0, 0.1) is 0 Å². The van der Waals surface area contributed by atoms with Crippen molar-refractivity contribution >= 4 is 5.97 Å². The molecule has 0 saturated carbocycles. The first kappa shape index (κ1) is 13.3. The Morgan fingerprint density at radius 2 is 1.88 bits per heavy atom. The fraction of sp³-hybridized carbons (Fsp3) is 0.300. The van der Waals surface area contributed by atoms with Gasteiger partial charge < -0.3 is 9.84 Å².